The molecule has 3 unspecified atom stereocenters. The first-order valence-corrected chi connectivity index (χ1v) is 4.87. The Morgan fingerprint density at radius 1 is 1.40 bits per heavy atom. The normalized spacial score (nSPS) is 28.3. The molecule has 0 aliphatic carbocycles. The summed E-state index contributed by atoms with van der Waals surface area (Å²) in [6.07, 6.45) is -0.184. The van der Waals surface area contributed by atoms with Crippen LogP contribution < -0.4 is 5.32 Å². The second-order valence-corrected chi connectivity index (χ2v) is 3.83. The fourth-order valence-corrected chi connectivity index (χ4v) is 1.81. The van der Waals surface area contributed by atoms with Crippen LogP contribution >= 0.6 is 0 Å². The lowest BCUT2D eigenvalue weighted by molar-refractivity contribution is -0.147. The molecule has 0 aromatic heterocycles. The second kappa shape index (κ2) is 5.09. The predicted octanol–water partition coefficient (Wildman–Crippen LogP) is -0.725. The quantitative estimate of drug-likeness (QED) is 0.495. The van der Waals surface area contributed by atoms with E-state index in [2.05, 4.69) is 5.32 Å². The van der Waals surface area contributed by atoms with Gasteiger partial charge in [0, 0.05) is 0 Å². The molecule has 0 aromatic rings. The first-order valence-electron chi connectivity index (χ1n) is 4.87. The summed E-state index contributed by atoms with van der Waals surface area (Å²) >= 11 is 0. The summed E-state index contributed by atoms with van der Waals surface area (Å²) in [5.41, 5.74) is 0. The molecule has 0 saturated carbocycles. The van der Waals surface area contributed by atoms with Gasteiger partial charge in [0.15, 0.2) is 6.10 Å². The molecule has 1 rings (SSSR count). The van der Waals surface area contributed by atoms with Gasteiger partial charge < -0.3 is 20.6 Å². The maximum absolute atomic E-state index is 10.7. The van der Waals surface area contributed by atoms with Gasteiger partial charge in [-0.05, 0) is 31.7 Å². The first kappa shape index (κ1) is 11.9. The number of carboxylic acid groups (broad SMARTS) is 2. The SMILES string of the molecule is O=C(O)C(O)CC1CCNC(C(=O)O)C1. The van der Waals surface area contributed by atoms with E-state index in [1.54, 1.807) is 0 Å². The summed E-state index contributed by atoms with van der Waals surface area (Å²) in [5.74, 6) is -2.22. The van der Waals surface area contributed by atoms with E-state index in [9.17, 15) is 9.59 Å². The van der Waals surface area contributed by atoms with Gasteiger partial charge in [-0.1, -0.05) is 0 Å². The second-order valence-electron chi connectivity index (χ2n) is 3.83. The Hall–Kier alpha value is -1.14. The summed E-state index contributed by atoms with van der Waals surface area (Å²) < 4.78 is 0. The molecule has 0 spiro atoms. The van der Waals surface area contributed by atoms with Crippen LogP contribution in [0.2, 0.25) is 0 Å². The van der Waals surface area contributed by atoms with Gasteiger partial charge in [-0.15, -0.1) is 0 Å². The molecular formula is C9H15NO5. The molecule has 86 valence electrons. The Morgan fingerprint density at radius 2 is 2.07 bits per heavy atom. The molecule has 0 radical (unpaired) electrons. The molecule has 0 aromatic carbocycles. The van der Waals surface area contributed by atoms with Crippen LogP contribution in [0.4, 0.5) is 0 Å². The monoisotopic (exact) mass is 217 g/mol. The molecule has 3 atom stereocenters. The van der Waals surface area contributed by atoms with Gasteiger partial charge in [-0.25, -0.2) is 4.79 Å². The Morgan fingerprint density at radius 3 is 2.60 bits per heavy atom. The Balaban J connectivity index is 2.43. The minimum atomic E-state index is -1.39. The average molecular weight is 217 g/mol. The van der Waals surface area contributed by atoms with Crippen molar-refractivity contribution in [3.05, 3.63) is 0 Å². The number of nitrogens with one attached hydrogen (secondary N) is 1. The number of aliphatic carboxylic acids is 2. The van der Waals surface area contributed by atoms with E-state index in [-0.39, 0.29) is 12.3 Å². The van der Waals surface area contributed by atoms with E-state index in [0.29, 0.717) is 19.4 Å². The van der Waals surface area contributed by atoms with E-state index in [0.717, 1.165) is 0 Å². The lowest BCUT2D eigenvalue weighted by Gasteiger charge is -2.28. The molecule has 6 nitrogen and oxygen atoms in total. The topological polar surface area (TPSA) is 107 Å². The van der Waals surface area contributed by atoms with E-state index in [1.165, 1.54) is 0 Å². The number of hydrogen-bond donors (Lipinski definition) is 4. The highest BCUT2D eigenvalue weighted by molar-refractivity contribution is 5.73. The van der Waals surface area contributed by atoms with E-state index < -0.39 is 24.1 Å². The van der Waals surface area contributed by atoms with Crippen molar-refractivity contribution >= 4 is 11.9 Å². The zero-order valence-corrected chi connectivity index (χ0v) is 8.22. The highest BCUT2D eigenvalue weighted by Gasteiger charge is 2.29. The molecule has 1 fully saturated rings. The largest absolute Gasteiger partial charge is 0.480 e. The van der Waals surface area contributed by atoms with E-state index in [1.807, 2.05) is 0 Å². The fraction of sp³-hybridized carbons (Fsp3) is 0.778. The smallest absolute Gasteiger partial charge is 0.332 e. The minimum Gasteiger partial charge on any atom is -0.480 e. The molecule has 15 heavy (non-hydrogen) atoms. The van der Waals surface area contributed by atoms with Crippen LogP contribution in [0.15, 0.2) is 0 Å². The van der Waals surface area contributed by atoms with Crippen LogP contribution in [0.3, 0.4) is 0 Å². The van der Waals surface area contributed by atoms with Gasteiger partial charge in [-0.2, -0.15) is 0 Å². The zero-order valence-electron chi connectivity index (χ0n) is 8.22. The summed E-state index contributed by atoms with van der Waals surface area (Å²) in [6.45, 7) is 0.550. The molecule has 1 saturated heterocycles. The lowest BCUT2D eigenvalue weighted by atomic mass is 9.88. The van der Waals surface area contributed by atoms with E-state index in [4.69, 9.17) is 15.3 Å². The van der Waals surface area contributed by atoms with Crippen LogP contribution in [0, 0.1) is 5.92 Å². The molecule has 4 N–H and O–H groups in total. The van der Waals surface area contributed by atoms with Crippen LogP contribution in [-0.4, -0.2) is 45.9 Å². The summed E-state index contributed by atoms with van der Waals surface area (Å²) in [5, 5.41) is 29.2. The summed E-state index contributed by atoms with van der Waals surface area (Å²) in [7, 11) is 0. The lowest BCUT2D eigenvalue weighted by Crippen LogP contribution is -2.44. The van der Waals surface area contributed by atoms with E-state index >= 15 is 0 Å². The van der Waals surface area contributed by atoms with Gasteiger partial charge >= 0.3 is 11.9 Å². The van der Waals surface area contributed by atoms with Crippen LogP contribution in [0.25, 0.3) is 0 Å². The van der Waals surface area contributed by atoms with Gasteiger partial charge in [0.1, 0.15) is 6.04 Å². The van der Waals surface area contributed by atoms with Crippen molar-refractivity contribution < 1.29 is 24.9 Å². The minimum absolute atomic E-state index is 0.0431. The van der Waals surface area contributed by atoms with Gasteiger partial charge in [0.05, 0.1) is 0 Å². The zero-order chi connectivity index (χ0) is 11.4. The molecule has 0 bridgehead atoms. The Labute approximate surface area is 86.9 Å². The van der Waals surface area contributed by atoms with Crippen molar-refractivity contribution in [1.82, 2.24) is 5.32 Å². The number of rotatable bonds is 4. The van der Waals surface area contributed by atoms with Crippen molar-refractivity contribution in [3.8, 4) is 0 Å². The molecular weight excluding hydrogens is 202 g/mol. The molecule has 1 aliphatic rings. The maximum atomic E-state index is 10.7. The molecule has 0 amide bonds. The highest BCUT2D eigenvalue weighted by atomic mass is 16.4. The average Bonchev–Trinajstić information content (AvgIpc) is 2.18. The van der Waals surface area contributed by atoms with Crippen LogP contribution in [0.1, 0.15) is 19.3 Å². The summed E-state index contributed by atoms with van der Waals surface area (Å²) in [4.78, 5) is 21.1. The van der Waals surface area contributed by atoms with Gasteiger partial charge in [-0.3, -0.25) is 4.79 Å². The third kappa shape index (κ3) is 3.49. The highest BCUT2D eigenvalue weighted by Crippen LogP contribution is 2.21. The number of aliphatic hydroxyl groups excluding tert-OH is 1. The third-order valence-electron chi connectivity index (χ3n) is 2.65. The van der Waals surface area contributed by atoms with Gasteiger partial charge in [0.25, 0.3) is 0 Å². The number of carbonyl (C=O) groups is 2. The number of hydrogen-bond acceptors (Lipinski definition) is 4. The number of piperidine rings is 1. The van der Waals surface area contributed by atoms with Crippen LogP contribution in [0.5, 0.6) is 0 Å². The number of aliphatic hydroxyl groups is 1. The van der Waals surface area contributed by atoms with Gasteiger partial charge in [0.2, 0.25) is 0 Å². The Bertz CT molecular complexity index is 253. The maximum Gasteiger partial charge on any atom is 0.332 e. The molecule has 6 heteroatoms. The predicted molar refractivity (Wildman–Crippen MR) is 50.4 cm³/mol. The molecule has 1 aliphatic heterocycles. The van der Waals surface area contributed by atoms with Crippen molar-refractivity contribution in [1.29, 1.82) is 0 Å². The standard InChI is InChI=1S/C9H15NO5/c11-7(9(14)15)4-5-1-2-10-6(3-5)8(12)13/h5-7,10-11H,1-4H2,(H,12,13)(H,14,15). The third-order valence-corrected chi connectivity index (χ3v) is 2.65. The van der Waals surface area contributed by atoms with Crippen LogP contribution in [-0.2, 0) is 9.59 Å². The van der Waals surface area contributed by atoms with Crippen molar-refractivity contribution in [2.24, 2.45) is 5.92 Å². The summed E-state index contributed by atoms with van der Waals surface area (Å²) in [6, 6.07) is -0.621. The first-order chi connectivity index (χ1) is 7.00. The van der Waals surface area contributed by atoms with Crippen molar-refractivity contribution in [3.63, 3.8) is 0 Å². The number of carboxylic acids is 2. The molecule has 1 heterocycles. The Kier molecular flexibility index (Phi) is 4.05. The van der Waals surface area contributed by atoms with Crippen molar-refractivity contribution in [2.45, 2.75) is 31.4 Å². The van der Waals surface area contributed by atoms with Crippen molar-refractivity contribution in [2.75, 3.05) is 6.54 Å². The fourth-order valence-electron chi connectivity index (χ4n) is 1.81.